The molecule has 0 radical (unpaired) electrons. The lowest BCUT2D eigenvalue weighted by atomic mass is 9.85. The lowest BCUT2D eigenvalue weighted by Gasteiger charge is -2.40. The van der Waals surface area contributed by atoms with Crippen LogP contribution in [0.1, 0.15) is 31.0 Å². The van der Waals surface area contributed by atoms with E-state index in [1.165, 1.54) is 0 Å². The number of ether oxygens (including phenoxy) is 4. The van der Waals surface area contributed by atoms with E-state index in [0.717, 1.165) is 36.3 Å². The van der Waals surface area contributed by atoms with Crippen molar-refractivity contribution < 1.29 is 28.0 Å². The number of hydrogen-bond acceptors (Lipinski definition) is 8. The van der Waals surface area contributed by atoms with Gasteiger partial charge in [0.1, 0.15) is 22.0 Å². The van der Waals surface area contributed by atoms with Crippen LogP contribution in [0.4, 0.5) is 0 Å². The Morgan fingerprint density at radius 3 is 2.50 bits per heavy atom. The van der Waals surface area contributed by atoms with Crippen LogP contribution in [-0.2, 0) is 26.9 Å². The van der Waals surface area contributed by atoms with Gasteiger partial charge in [-0.3, -0.25) is 4.90 Å². The van der Waals surface area contributed by atoms with E-state index in [-0.39, 0.29) is 18.8 Å². The number of likely N-dealkylation sites (N-methyl/N-ethyl adjacent to an activating group) is 1. The third kappa shape index (κ3) is 3.23. The average molecular weight is 464 g/mol. The number of carbonyl (C=O) groups excluding carboxylic acids is 1. The standard InChI is InChI=1S/C22H29N3O6S/c1-12-13(2)22(26)31-17(12)16-15-14(5-8-24(16)3)21(32(27)25-9-6-23-7-10-25)20-19(18(15)28-4)29-11-30-20/h16-17,23H,5-11H2,1-4H3. The zero-order valence-corrected chi connectivity index (χ0v) is 19.7. The molecule has 0 bridgehead atoms. The van der Waals surface area contributed by atoms with Gasteiger partial charge in [-0.1, -0.05) is 0 Å². The fourth-order valence-corrected chi connectivity index (χ4v) is 6.53. The Hall–Kier alpha value is -2.14. The first-order valence-electron chi connectivity index (χ1n) is 10.9. The van der Waals surface area contributed by atoms with E-state index in [9.17, 15) is 9.00 Å². The summed E-state index contributed by atoms with van der Waals surface area (Å²) < 4.78 is 39.1. The number of nitrogens with one attached hydrogen (secondary N) is 1. The molecule has 0 aromatic heterocycles. The van der Waals surface area contributed by atoms with Crippen molar-refractivity contribution in [2.75, 3.05) is 53.7 Å². The molecule has 0 spiro atoms. The number of benzene rings is 1. The predicted molar refractivity (Wildman–Crippen MR) is 117 cm³/mol. The summed E-state index contributed by atoms with van der Waals surface area (Å²) in [6.07, 6.45) is 0.242. The Kier molecular flexibility index (Phi) is 5.65. The molecule has 1 saturated heterocycles. The van der Waals surface area contributed by atoms with Crippen LogP contribution in [0.2, 0.25) is 0 Å². The van der Waals surface area contributed by atoms with Gasteiger partial charge in [-0.15, -0.1) is 0 Å². The molecule has 0 aliphatic carbocycles. The summed E-state index contributed by atoms with van der Waals surface area (Å²) in [5, 5.41) is 3.30. The van der Waals surface area contributed by atoms with Crippen LogP contribution in [0, 0.1) is 0 Å². The van der Waals surface area contributed by atoms with Gasteiger partial charge in [0.2, 0.25) is 12.5 Å². The summed E-state index contributed by atoms with van der Waals surface area (Å²) in [7, 11) is 2.21. The zero-order valence-electron chi connectivity index (χ0n) is 18.9. The summed E-state index contributed by atoms with van der Waals surface area (Å²) in [5.74, 6) is 1.26. The van der Waals surface area contributed by atoms with Gasteiger partial charge in [0.15, 0.2) is 11.5 Å². The molecular weight excluding hydrogens is 434 g/mol. The Balaban J connectivity index is 1.70. The summed E-state index contributed by atoms with van der Waals surface area (Å²) in [5.41, 5.74) is 3.36. The van der Waals surface area contributed by atoms with Crippen molar-refractivity contribution in [3.8, 4) is 17.2 Å². The zero-order chi connectivity index (χ0) is 22.6. The van der Waals surface area contributed by atoms with E-state index >= 15 is 0 Å². The van der Waals surface area contributed by atoms with Crippen molar-refractivity contribution in [1.29, 1.82) is 0 Å². The molecule has 32 heavy (non-hydrogen) atoms. The molecule has 174 valence electrons. The van der Waals surface area contributed by atoms with Gasteiger partial charge < -0.3 is 24.3 Å². The monoisotopic (exact) mass is 463 g/mol. The molecule has 1 fully saturated rings. The third-order valence-electron chi connectivity index (χ3n) is 6.89. The first kappa shape index (κ1) is 21.7. The lowest BCUT2D eigenvalue weighted by molar-refractivity contribution is -0.142. The van der Waals surface area contributed by atoms with Crippen molar-refractivity contribution in [3.63, 3.8) is 0 Å². The number of rotatable bonds is 4. The fraction of sp³-hybridized carbons (Fsp3) is 0.591. The van der Waals surface area contributed by atoms with E-state index < -0.39 is 17.1 Å². The molecule has 1 aromatic carbocycles. The second-order valence-electron chi connectivity index (χ2n) is 8.56. The van der Waals surface area contributed by atoms with E-state index in [1.807, 2.05) is 18.3 Å². The molecule has 4 aliphatic heterocycles. The molecular formula is C22H29N3O6S. The number of carbonyl (C=O) groups is 1. The maximum atomic E-state index is 13.8. The maximum absolute atomic E-state index is 13.8. The Morgan fingerprint density at radius 2 is 1.84 bits per heavy atom. The second kappa shape index (κ2) is 8.33. The highest BCUT2D eigenvalue weighted by molar-refractivity contribution is 7.82. The molecule has 1 aromatic rings. The molecule has 0 amide bonds. The molecule has 9 nitrogen and oxygen atoms in total. The van der Waals surface area contributed by atoms with E-state index in [4.69, 9.17) is 18.9 Å². The van der Waals surface area contributed by atoms with Crippen LogP contribution in [0.25, 0.3) is 0 Å². The average Bonchev–Trinajstić information content (AvgIpc) is 3.38. The Labute approximate surface area is 190 Å². The Bertz CT molecular complexity index is 1020. The maximum Gasteiger partial charge on any atom is 0.334 e. The minimum Gasteiger partial charge on any atom is -0.492 e. The number of piperazine rings is 1. The third-order valence-corrected chi connectivity index (χ3v) is 8.50. The van der Waals surface area contributed by atoms with Gasteiger partial charge in [-0.25, -0.2) is 13.3 Å². The van der Waals surface area contributed by atoms with Gasteiger partial charge in [0, 0.05) is 43.9 Å². The smallest absolute Gasteiger partial charge is 0.334 e. The SMILES string of the molecule is COc1c2c(c(S(=O)N3CCNCC3)c3c1C(C1OC(=O)C(C)=C1C)N(C)CC3)OCO2. The number of hydrogen-bond donors (Lipinski definition) is 1. The van der Waals surface area contributed by atoms with Crippen LogP contribution in [-0.4, -0.2) is 79.2 Å². The molecule has 5 rings (SSSR count). The number of esters is 1. The first-order valence-corrected chi connectivity index (χ1v) is 12.0. The highest BCUT2D eigenvalue weighted by Gasteiger charge is 2.46. The number of methoxy groups -OCH3 is 1. The number of nitrogens with zero attached hydrogens (tertiary/aromatic N) is 2. The van der Waals surface area contributed by atoms with Gasteiger partial charge >= 0.3 is 5.97 Å². The van der Waals surface area contributed by atoms with E-state index in [0.29, 0.717) is 47.2 Å². The van der Waals surface area contributed by atoms with Crippen LogP contribution >= 0.6 is 0 Å². The predicted octanol–water partition coefficient (Wildman–Crippen LogP) is 1.14. The van der Waals surface area contributed by atoms with Gasteiger partial charge in [-0.2, -0.15) is 0 Å². The first-order chi connectivity index (χ1) is 15.4. The van der Waals surface area contributed by atoms with Crippen LogP contribution in [0.5, 0.6) is 17.2 Å². The largest absolute Gasteiger partial charge is 0.492 e. The molecule has 1 N–H and O–H groups in total. The molecule has 4 aliphatic rings. The van der Waals surface area contributed by atoms with Crippen molar-refractivity contribution in [1.82, 2.24) is 14.5 Å². The molecule has 0 saturated carbocycles. The molecule has 3 unspecified atom stereocenters. The number of cyclic esters (lactones) is 1. The van der Waals surface area contributed by atoms with Crippen molar-refractivity contribution in [2.45, 2.75) is 37.3 Å². The molecule has 4 heterocycles. The minimum atomic E-state index is -1.41. The highest BCUT2D eigenvalue weighted by atomic mass is 32.2. The van der Waals surface area contributed by atoms with Crippen molar-refractivity contribution in [2.24, 2.45) is 0 Å². The van der Waals surface area contributed by atoms with Gasteiger partial charge in [0.05, 0.1) is 13.2 Å². The van der Waals surface area contributed by atoms with Crippen molar-refractivity contribution in [3.05, 3.63) is 22.3 Å². The second-order valence-corrected chi connectivity index (χ2v) is 9.98. The quantitative estimate of drug-likeness (QED) is 0.665. The normalized spacial score (nSPS) is 26.8. The topological polar surface area (TPSA) is 89.6 Å². The summed E-state index contributed by atoms with van der Waals surface area (Å²) in [4.78, 5) is 15.2. The lowest BCUT2D eigenvalue weighted by Crippen LogP contribution is -2.45. The molecule has 10 heteroatoms. The van der Waals surface area contributed by atoms with E-state index in [2.05, 4.69) is 10.2 Å². The minimum absolute atomic E-state index is 0.0529. The van der Waals surface area contributed by atoms with Crippen LogP contribution in [0.3, 0.4) is 0 Å². The number of fused-ring (bicyclic) bond motifs is 2. The van der Waals surface area contributed by atoms with Crippen molar-refractivity contribution >= 4 is 17.0 Å². The van der Waals surface area contributed by atoms with Gasteiger partial charge in [0.25, 0.3) is 0 Å². The summed E-state index contributed by atoms with van der Waals surface area (Å²) >= 11 is 0. The van der Waals surface area contributed by atoms with Gasteiger partial charge in [-0.05, 0) is 38.5 Å². The fourth-order valence-electron chi connectivity index (χ4n) is 5.02. The summed E-state index contributed by atoms with van der Waals surface area (Å²) in [6, 6.07) is -0.275. The van der Waals surface area contributed by atoms with Crippen LogP contribution < -0.4 is 19.5 Å². The van der Waals surface area contributed by atoms with E-state index in [1.54, 1.807) is 14.0 Å². The summed E-state index contributed by atoms with van der Waals surface area (Å²) in [6.45, 7) is 7.47. The highest BCUT2D eigenvalue weighted by Crippen LogP contribution is 2.55. The Morgan fingerprint density at radius 1 is 1.12 bits per heavy atom. The molecule has 3 atom stereocenters. The van der Waals surface area contributed by atoms with Crippen LogP contribution in [0.15, 0.2) is 16.0 Å².